The van der Waals surface area contributed by atoms with Gasteiger partial charge in [0, 0.05) is 67.4 Å². The number of aromatic nitrogens is 4. The standard InChI is InChI=1S/C48H35N3O9.C21H23F3N3S.CNS.Ru/c1-30(55)36-4-10-39(11-5-36)46(58-27-52)24-33-16-18-49-42(20-33)44-22-35(26-48(60-29-54)41-14-8-38(9-15-41)32(3)57)23-45(51-44)43-21-34(17-19-50-43)25-47(59-28-53)40-12-6-37(7-13-40)31(2)56;1-2-3-4-5-6-16-9-10-17(28-16)8-7-15-11-12-27-19(13-15)18(25)14-20(26)21(22,23)24;2-1-3;/h4-29H,1-3H3;7-14,25-26H,2-6H2,1H3;;/q;2*-1;+2/b46-24+,47-25+,48-26+;8-7+,18-14-,26-20?;;. The number of nitrogens with zero attached hydrogens (tertiary/aromatic N) is 5. The third kappa shape index (κ3) is 22.4. The molecule has 0 atom stereocenters. The number of isothiocyanates is 1. The summed E-state index contributed by atoms with van der Waals surface area (Å²) in [7, 11) is 0. The molecule has 0 spiro atoms. The average Bonchev–Trinajstić information content (AvgIpc) is 1.06. The fraction of sp³-hybridized carbons (Fsp3) is 0.143. The van der Waals surface area contributed by atoms with Crippen molar-refractivity contribution in [1.82, 2.24) is 19.9 Å². The van der Waals surface area contributed by atoms with Crippen LogP contribution in [0, 0.1) is 5.41 Å². The van der Waals surface area contributed by atoms with Crippen molar-refractivity contribution in [1.29, 1.82) is 5.41 Å². The smallest absolute Gasteiger partial charge is 0.753 e. The van der Waals surface area contributed by atoms with Crippen LogP contribution in [0.1, 0.15) is 139 Å². The summed E-state index contributed by atoms with van der Waals surface area (Å²) in [5.41, 5.74) is 13.1. The summed E-state index contributed by atoms with van der Waals surface area (Å²) in [6, 6.07) is 37.8. The number of pyridine rings is 4. The minimum Gasteiger partial charge on any atom is -0.753 e. The van der Waals surface area contributed by atoms with Crippen LogP contribution < -0.4 is 0 Å². The number of ketones is 3. The van der Waals surface area contributed by atoms with Gasteiger partial charge in [-0.3, -0.25) is 49.1 Å². The van der Waals surface area contributed by atoms with Crippen LogP contribution in [0.25, 0.3) is 87.3 Å². The molecule has 5 aromatic heterocycles. The first kappa shape index (κ1) is 72.5. The number of benzene rings is 3. The fourth-order valence-corrected chi connectivity index (χ4v) is 9.50. The molecule has 0 saturated heterocycles. The van der Waals surface area contributed by atoms with E-state index in [1.807, 2.05) is 12.2 Å². The van der Waals surface area contributed by atoms with Gasteiger partial charge in [-0.25, -0.2) is 4.98 Å². The fourth-order valence-electron chi connectivity index (χ4n) is 8.55. The number of ether oxygens (including phenoxy) is 3. The summed E-state index contributed by atoms with van der Waals surface area (Å²) in [5.74, 6) is 0.331. The Balaban J connectivity index is 0.000000401. The molecule has 468 valence electrons. The average molecular weight is 1360 g/mol. The van der Waals surface area contributed by atoms with Crippen molar-refractivity contribution in [3.05, 3.63) is 240 Å². The predicted molar refractivity (Wildman–Crippen MR) is 352 cm³/mol. The number of rotatable bonds is 26. The second-order valence-corrected chi connectivity index (χ2v) is 21.1. The first-order valence-corrected chi connectivity index (χ1v) is 29.1. The molecule has 3 aromatic carbocycles. The molecule has 22 heteroatoms. The van der Waals surface area contributed by atoms with Gasteiger partial charge in [-0.2, -0.15) is 18.3 Å². The van der Waals surface area contributed by atoms with Gasteiger partial charge < -0.3 is 25.4 Å². The summed E-state index contributed by atoms with van der Waals surface area (Å²) in [6.07, 6.45) is 15.0. The molecule has 0 unspecified atom stereocenters. The number of thiophene rings is 1. The molecule has 0 aliphatic heterocycles. The Bertz CT molecular complexity index is 3980. The molecule has 92 heavy (non-hydrogen) atoms. The second kappa shape index (κ2) is 36.4. The molecular weight excluding hydrogens is 1310 g/mol. The molecule has 0 radical (unpaired) electrons. The van der Waals surface area contributed by atoms with Crippen molar-refractivity contribution in [3.63, 3.8) is 0 Å². The Labute approximate surface area is 551 Å². The van der Waals surface area contributed by atoms with Gasteiger partial charge in [0.2, 0.25) is 0 Å². The zero-order valence-electron chi connectivity index (χ0n) is 49.9. The van der Waals surface area contributed by atoms with Gasteiger partial charge in [0.25, 0.3) is 19.4 Å². The van der Waals surface area contributed by atoms with E-state index in [2.05, 4.69) is 46.2 Å². The third-order valence-corrected chi connectivity index (χ3v) is 14.3. The normalized spacial score (nSPS) is 11.5. The zero-order chi connectivity index (χ0) is 65.9. The number of halogens is 3. The monoisotopic (exact) mass is 1360 g/mol. The molecule has 2 N–H and O–H groups in total. The second-order valence-electron chi connectivity index (χ2n) is 19.7. The van der Waals surface area contributed by atoms with E-state index >= 15 is 0 Å². The first-order valence-electron chi connectivity index (χ1n) is 27.8. The number of alkyl halides is 3. The van der Waals surface area contributed by atoms with E-state index in [-0.39, 0.29) is 59.8 Å². The summed E-state index contributed by atoms with van der Waals surface area (Å²) < 4.78 is 53.4. The van der Waals surface area contributed by atoms with Gasteiger partial charge in [0.15, 0.2) is 17.3 Å². The van der Waals surface area contributed by atoms with Gasteiger partial charge >= 0.3 is 25.7 Å². The molecule has 0 aliphatic rings. The van der Waals surface area contributed by atoms with Gasteiger partial charge in [0.1, 0.15) is 23.0 Å². The Morgan fingerprint density at radius 2 is 0.978 bits per heavy atom. The maximum absolute atomic E-state index is 12.4. The number of unbranched alkanes of at least 4 members (excludes halogenated alkanes) is 3. The number of hydrogen-bond acceptors (Lipinski definition) is 16. The molecule has 0 bridgehead atoms. The number of carbonyl (C=O) groups excluding carboxylic acids is 6. The van der Waals surface area contributed by atoms with Crippen molar-refractivity contribution < 1.29 is 75.6 Å². The molecule has 5 heterocycles. The van der Waals surface area contributed by atoms with Crippen molar-refractivity contribution in [2.24, 2.45) is 0 Å². The van der Waals surface area contributed by atoms with Crippen LogP contribution in [0.5, 0.6) is 0 Å². The molecule has 0 saturated carbocycles. The SMILES string of the molecule is CC(=O)c1ccc(/C(=C\c2ccnc(-c3cc(/C=C(/OC=O)c4ccc(C(C)=O)cc4)cc(-c4cc(/C=C(/OC=O)c5ccc(C(C)=O)cc5)ccn4)n3)c2)OC=O)cc1.CCCCCCc1ccc(/C=C/c2ccnc(/C([NH-])=C/C(=N)C(F)(F)F)c2)s1.[N-]=C=S.[Ru+2]. The summed E-state index contributed by atoms with van der Waals surface area (Å²) in [5, 5.41) is 15.4. The van der Waals surface area contributed by atoms with E-state index < -0.39 is 17.6 Å². The van der Waals surface area contributed by atoms with Crippen LogP contribution in [0.4, 0.5) is 13.2 Å². The van der Waals surface area contributed by atoms with Crippen LogP contribution in [0.15, 0.2) is 158 Å². The number of carbonyl (C=O) groups is 6. The Hall–Kier alpha value is -10.2. The zero-order valence-corrected chi connectivity index (χ0v) is 53.3. The Kier molecular flexibility index (Phi) is 28.7. The van der Waals surface area contributed by atoms with Crippen LogP contribution in [0.2, 0.25) is 0 Å². The largest absolute Gasteiger partial charge is 2.00 e. The Morgan fingerprint density at radius 3 is 1.39 bits per heavy atom. The number of nitrogens with one attached hydrogen (secondary N) is 2. The number of thiocarbonyl (C=S) groups is 1. The van der Waals surface area contributed by atoms with Crippen LogP contribution in [0.3, 0.4) is 0 Å². The van der Waals surface area contributed by atoms with Gasteiger partial charge in [-0.05, 0) is 147 Å². The minimum absolute atomic E-state index is 0. The summed E-state index contributed by atoms with van der Waals surface area (Å²) in [4.78, 5) is 90.8. The van der Waals surface area contributed by atoms with Crippen molar-refractivity contribution >= 4 is 125 Å². The van der Waals surface area contributed by atoms with E-state index in [0.717, 1.165) is 16.9 Å². The van der Waals surface area contributed by atoms with Crippen LogP contribution in [-0.2, 0) is 54.5 Å². The summed E-state index contributed by atoms with van der Waals surface area (Å²) in [6.45, 7) is 7.51. The topological polar surface area (TPSA) is 252 Å². The number of allylic oxidation sites excluding steroid dienone is 1. The van der Waals surface area contributed by atoms with Crippen molar-refractivity contribution in [3.8, 4) is 22.8 Å². The number of hydrogen-bond donors (Lipinski definition) is 1. The number of aryl methyl sites for hydroxylation is 1. The van der Waals surface area contributed by atoms with Crippen molar-refractivity contribution in [2.75, 3.05) is 0 Å². The van der Waals surface area contributed by atoms with E-state index in [0.29, 0.717) is 98.3 Å². The molecule has 0 fully saturated rings. The quantitative estimate of drug-likeness (QED) is 0.00774. The molecule has 0 aliphatic carbocycles. The maximum atomic E-state index is 12.4. The van der Waals surface area contributed by atoms with E-state index in [9.17, 15) is 41.9 Å². The third-order valence-electron chi connectivity index (χ3n) is 13.1. The first-order chi connectivity index (χ1) is 43.7. The van der Waals surface area contributed by atoms with Crippen LogP contribution >= 0.6 is 23.6 Å². The molecule has 0 amide bonds. The maximum Gasteiger partial charge on any atom is 2.00 e. The van der Waals surface area contributed by atoms with Crippen molar-refractivity contribution in [2.45, 2.75) is 66.0 Å². The predicted octanol–water partition coefficient (Wildman–Crippen LogP) is 16.9. The van der Waals surface area contributed by atoms with E-state index in [4.69, 9.17) is 35.7 Å². The van der Waals surface area contributed by atoms with E-state index in [1.165, 1.54) is 68.8 Å². The molecule has 16 nitrogen and oxygen atoms in total. The van der Waals surface area contributed by atoms with Crippen LogP contribution in [-0.4, -0.2) is 73.8 Å². The van der Waals surface area contributed by atoms with Gasteiger partial charge in [-0.1, -0.05) is 117 Å². The molecular formula is C70H58F3N7O9RuS2. The minimum atomic E-state index is -4.77. The Morgan fingerprint density at radius 1 is 0.576 bits per heavy atom. The number of Topliss-reactive ketones (excluding diaryl/α,β-unsaturated/α-hetero) is 3. The molecule has 8 rings (SSSR count). The summed E-state index contributed by atoms with van der Waals surface area (Å²) >= 11 is 5.43. The van der Waals surface area contributed by atoms with Gasteiger partial charge in [0.05, 0.1) is 22.8 Å². The van der Waals surface area contributed by atoms with Gasteiger partial charge in [-0.15, -0.1) is 17.0 Å². The van der Waals surface area contributed by atoms with E-state index in [1.54, 1.807) is 157 Å². The molecule has 8 aromatic rings.